The lowest BCUT2D eigenvalue weighted by atomic mass is 9.94. The van der Waals surface area contributed by atoms with Crippen molar-refractivity contribution in [1.82, 2.24) is 20.0 Å². The first kappa shape index (κ1) is 25.5. The summed E-state index contributed by atoms with van der Waals surface area (Å²) in [7, 11) is 1.68. The van der Waals surface area contributed by atoms with Crippen molar-refractivity contribution in [1.29, 1.82) is 0 Å². The van der Waals surface area contributed by atoms with Gasteiger partial charge in [-0.25, -0.2) is 9.59 Å². The molecule has 190 valence electrons. The van der Waals surface area contributed by atoms with Gasteiger partial charge in [0.05, 0.1) is 18.2 Å². The van der Waals surface area contributed by atoms with E-state index in [2.05, 4.69) is 10.2 Å². The summed E-state index contributed by atoms with van der Waals surface area (Å²) in [6.07, 6.45) is 5.15. The molecule has 1 aromatic carbocycles. The highest BCUT2D eigenvalue weighted by Crippen LogP contribution is 2.32. The summed E-state index contributed by atoms with van der Waals surface area (Å²) in [5.41, 5.74) is 1.82. The molecular formula is C26H35ClN4O4. The van der Waals surface area contributed by atoms with Crippen LogP contribution in [0.25, 0.3) is 0 Å². The van der Waals surface area contributed by atoms with E-state index in [0.717, 1.165) is 50.8 Å². The van der Waals surface area contributed by atoms with Gasteiger partial charge in [-0.3, -0.25) is 14.6 Å². The molecule has 0 spiro atoms. The smallest absolute Gasteiger partial charge is 0.338 e. The molecule has 1 aromatic rings. The van der Waals surface area contributed by atoms with Crippen LogP contribution in [-0.2, 0) is 14.3 Å². The molecular weight excluding hydrogens is 468 g/mol. The van der Waals surface area contributed by atoms with E-state index in [9.17, 15) is 14.4 Å². The molecule has 35 heavy (non-hydrogen) atoms. The van der Waals surface area contributed by atoms with Crippen LogP contribution in [-0.4, -0.2) is 79.0 Å². The number of hydrogen-bond donors (Lipinski definition) is 1. The molecule has 2 fully saturated rings. The standard InChI is InChI=1S/C26H35ClN4O4/c1-3-35-25(33)22-21(29(2)26(34)28-23(22)18-9-11-20(27)12-10-18)17-30-13-6-14-31(16-15-30)24(32)19-7-4-5-8-19/h9-12,19,23H,3-8,13-17H2,1-2H3,(H,28,34). The van der Waals surface area contributed by atoms with Crippen LogP contribution in [0.5, 0.6) is 0 Å². The zero-order chi connectivity index (χ0) is 24.9. The Morgan fingerprint density at radius 3 is 2.46 bits per heavy atom. The largest absolute Gasteiger partial charge is 0.463 e. The molecule has 3 aliphatic rings. The topological polar surface area (TPSA) is 82.2 Å². The number of amides is 3. The lowest BCUT2D eigenvalue weighted by Crippen LogP contribution is -2.49. The molecule has 1 atom stereocenters. The molecule has 2 aliphatic heterocycles. The van der Waals surface area contributed by atoms with Crippen molar-refractivity contribution in [3.05, 3.63) is 46.1 Å². The first-order chi connectivity index (χ1) is 16.9. The summed E-state index contributed by atoms with van der Waals surface area (Å²) in [6.45, 7) is 5.32. The van der Waals surface area contributed by atoms with E-state index < -0.39 is 12.0 Å². The Bertz CT molecular complexity index is 974. The monoisotopic (exact) mass is 502 g/mol. The molecule has 1 unspecified atom stereocenters. The van der Waals surface area contributed by atoms with Gasteiger partial charge in [0, 0.05) is 56.4 Å². The minimum Gasteiger partial charge on any atom is -0.463 e. The van der Waals surface area contributed by atoms with Gasteiger partial charge in [-0.2, -0.15) is 0 Å². The fourth-order valence-electron chi connectivity index (χ4n) is 5.30. The van der Waals surface area contributed by atoms with Crippen molar-refractivity contribution in [2.45, 2.75) is 45.1 Å². The number of ether oxygens (including phenoxy) is 1. The first-order valence-corrected chi connectivity index (χ1v) is 13.0. The minimum absolute atomic E-state index is 0.174. The van der Waals surface area contributed by atoms with E-state index in [1.807, 2.05) is 17.0 Å². The zero-order valence-electron chi connectivity index (χ0n) is 20.6. The average molecular weight is 503 g/mol. The Morgan fingerprint density at radius 1 is 1.06 bits per heavy atom. The number of nitrogens with one attached hydrogen (secondary N) is 1. The average Bonchev–Trinajstić information content (AvgIpc) is 3.29. The number of benzene rings is 1. The van der Waals surface area contributed by atoms with Gasteiger partial charge in [-0.1, -0.05) is 36.6 Å². The first-order valence-electron chi connectivity index (χ1n) is 12.6. The molecule has 9 heteroatoms. The van der Waals surface area contributed by atoms with Crippen molar-refractivity contribution in [2.24, 2.45) is 5.92 Å². The molecule has 1 saturated carbocycles. The quantitative estimate of drug-likeness (QED) is 0.601. The van der Waals surface area contributed by atoms with Gasteiger partial charge in [0.25, 0.3) is 0 Å². The van der Waals surface area contributed by atoms with Crippen LogP contribution in [0.1, 0.15) is 50.6 Å². The summed E-state index contributed by atoms with van der Waals surface area (Å²) in [5.74, 6) is 0.0166. The van der Waals surface area contributed by atoms with Crippen molar-refractivity contribution in [3.8, 4) is 0 Å². The van der Waals surface area contributed by atoms with Crippen LogP contribution in [0.4, 0.5) is 4.79 Å². The fraction of sp³-hybridized carbons (Fsp3) is 0.577. The molecule has 0 bridgehead atoms. The maximum absolute atomic E-state index is 13.2. The molecule has 1 N–H and O–H groups in total. The van der Waals surface area contributed by atoms with Crippen LogP contribution in [0.3, 0.4) is 0 Å². The van der Waals surface area contributed by atoms with Crippen LogP contribution in [0, 0.1) is 5.92 Å². The van der Waals surface area contributed by atoms with E-state index in [4.69, 9.17) is 16.3 Å². The molecule has 2 heterocycles. The second kappa shape index (κ2) is 11.4. The molecule has 1 saturated heterocycles. The third-order valence-corrected chi connectivity index (χ3v) is 7.51. The number of halogens is 1. The van der Waals surface area contributed by atoms with Gasteiger partial charge in [-0.15, -0.1) is 0 Å². The van der Waals surface area contributed by atoms with Gasteiger partial charge < -0.3 is 15.0 Å². The van der Waals surface area contributed by atoms with E-state index in [1.165, 1.54) is 4.90 Å². The van der Waals surface area contributed by atoms with Crippen LogP contribution in [0.2, 0.25) is 5.02 Å². The Labute approximate surface area is 212 Å². The maximum Gasteiger partial charge on any atom is 0.338 e. The van der Waals surface area contributed by atoms with Crippen LogP contribution < -0.4 is 5.32 Å². The SMILES string of the molecule is CCOC(=O)C1=C(CN2CCCN(C(=O)C3CCCC3)CC2)N(C)C(=O)NC1c1ccc(Cl)cc1. The number of carbonyl (C=O) groups excluding carboxylic acids is 3. The third-order valence-electron chi connectivity index (χ3n) is 7.25. The minimum atomic E-state index is -0.627. The summed E-state index contributed by atoms with van der Waals surface area (Å²) >= 11 is 6.07. The molecule has 1 aliphatic carbocycles. The predicted octanol–water partition coefficient (Wildman–Crippen LogP) is 3.58. The highest BCUT2D eigenvalue weighted by molar-refractivity contribution is 6.30. The second-order valence-electron chi connectivity index (χ2n) is 9.51. The Kier molecular flexibility index (Phi) is 8.34. The lowest BCUT2D eigenvalue weighted by Gasteiger charge is -2.36. The Morgan fingerprint density at radius 2 is 1.77 bits per heavy atom. The number of hydrogen-bond acceptors (Lipinski definition) is 5. The second-order valence-corrected chi connectivity index (χ2v) is 9.95. The number of nitrogens with zero attached hydrogens (tertiary/aromatic N) is 3. The van der Waals surface area contributed by atoms with Crippen molar-refractivity contribution in [3.63, 3.8) is 0 Å². The Balaban J connectivity index is 1.58. The van der Waals surface area contributed by atoms with E-state index >= 15 is 0 Å². The van der Waals surface area contributed by atoms with Gasteiger partial charge in [-0.05, 0) is 43.9 Å². The summed E-state index contributed by atoms with van der Waals surface area (Å²) < 4.78 is 5.42. The van der Waals surface area contributed by atoms with E-state index in [1.54, 1.807) is 26.1 Å². The van der Waals surface area contributed by atoms with Gasteiger partial charge >= 0.3 is 12.0 Å². The number of urea groups is 1. The van der Waals surface area contributed by atoms with Crippen molar-refractivity contribution < 1.29 is 19.1 Å². The highest BCUT2D eigenvalue weighted by atomic mass is 35.5. The van der Waals surface area contributed by atoms with Crippen molar-refractivity contribution in [2.75, 3.05) is 46.4 Å². The lowest BCUT2D eigenvalue weighted by molar-refractivity contribution is -0.139. The Hall–Kier alpha value is -2.58. The van der Waals surface area contributed by atoms with E-state index in [0.29, 0.717) is 35.9 Å². The molecule has 8 nitrogen and oxygen atoms in total. The maximum atomic E-state index is 13.2. The fourth-order valence-corrected chi connectivity index (χ4v) is 5.42. The predicted molar refractivity (Wildman–Crippen MR) is 134 cm³/mol. The highest BCUT2D eigenvalue weighted by Gasteiger charge is 2.37. The molecule has 4 rings (SSSR count). The third kappa shape index (κ3) is 5.81. The number of rotatable bonds is 6. The van der Waals surface area contributed by atoms with Gasteiger partial charge in [0.15, 0.2) is 0 Å². The number of esters is 1. The molecule has 0 aromatic heterocycles. The van der Waals surface area contributed by atoms with Crippen LogP contribution >= 0.6 is 11.6 Å². The van der Waals surface area contributed by atoms with Crippen molar-refractivity contribution >= 4 is 29.5 Å². The number of likely N-dealkylation sites (N-methyl/N-ethyl adjacent to an activating group) is 1. The molecule has 3 amide bonds. The summed E-state index contributed by atoms with van der Waals surface area (Å²) in [6, 6.07) is 6.21. The van der Waals surface area contributed by atoms with Gasteiger partial charge in [0.1, 0.15) is 0 Å². The summed E-state index contributed by atoms with van der Waals surface area (Å²) in [4.78, 5) is 44.7. The number of carbonyl (C=O) groups is 3. The van der Waals surface area contributed by atoms with Gasteiger partial charge in [0.2, 0.25) is 5.91 Å². The van der Waals surface area contributed by atoms with Crippen LogP contribution in [0.15, 0.2) is 35.5 Å². The zero-order valence-corrected chi connectivity index (χ0v) is 21.4. The van der Waals surface area contributed by atoms with E-state index in [-0.39, 0.29) is 24.5 Å². The summed E-state index contributed by atoms with van der Waals surface area (Å²) in [5, 5.41) is 3.52. The molecule has 0 radical (unpaired) electrons. The normalized spacial score (nSPS) is 22.3.